The highest BCUT2D eigenvalue weighted by molar-refractivity contribution is 7.14. The van der Waals surface area contributed by atoms with Gasteiger partial charge in [0.1, 0.15) is 0 Å². The first-order chi connectivity index (χ1) is 6.25. The zero-order chi connectivity index (χ0) is 9.68. The first-order valence-corrected chi connectivity index (χ1v) is 5.43. The molecular weight excluding hydrogens is 182 g/mol. The lowest BCUT2D eigenvalue weighted by atomic mass is 10.2. The van der Waals surface area contributed by atoms with E-state index in [9.17, 15) is 4.79 Å². The lowest BCUT2D eigenvalue weighted by Crippen LogP contribution is -2.24. The molecule has 0 aliphatic rings. The number of carbonyl (C=O) groups excluding carboxylic acids is 1. The van der Waals surface area contributed by atoms with E-state index in [0.29, 0.717) is 6.42 Å². The molecule has 0 fully saturated rings. The quantitative estimate of drug-likeness (QED) is 0.726. The van der Waals surface area contributed by atoms with Crippen molar-refractivity contribution in [1.29, 1.82) is 0 Å². The number of hydrogen-bond acceptors (Lipinski definition) is 2. The molecule has 0 bridgehead atoms. The van der Waals surface area contributed by atoms with Gasteiger partial charge >= 0.3 is 0 Å². The van der Waals surface area contributed by atoms with Crippen molar-refractivity contribution in [3.8, 4) is 0 Å². The molecule has 1 amide bonds. The number of hydrogen-bond donors (Lipinski definition) is 0. The Morgan fingerprint density at radius 3 is 2.92 bits per heavy atom. The molecule has 0 atom stereocenters. The number of amides is 1. The van der Waals surface area contributed by atoms with Gasteiger partial charge in [0.2, 0.25) is 5.91 Å². The van der Waals surface area contributed by atoms with E-state index in [1.165, 1.54) is 0 Å². The minimum absolute atomic E-state index is 0.212. The molecule has 0 saturated carbocycles. The summed E-state index contributed by atoms with van der Waals surface area (Å²) < 4.78 is 0. The summed E-state index contributed by atoms with van der Waals surface area (Å²) in [5, 5.41) is 3.01. The first-order valence-electron chi connectivity index (χ1n) is 4.55. The molecule has 0 spiro atoms. The molecular formula is C10H15NOS. The van der Waals surface area contributed by atoms with Gasteiger partial charge in [0, 0.05) is 13.5 Å². The van der Waals surface area contributed by atoms with Gasteiger partial charge in [0.15, 0.2) is 0 Å². The Labute approximate surface area is 83.2 Å². The maximum Gasteiger partial charge on any atom is 0.227 e. The van der Waals surface area contributed by atoms with Gasteiger partial charge in [0.25, 0.3) is 0 Å². The van der Waals surface area contributed by atoms with Crippen molar-refractivity contribution in [2.45, 2.75) is 26.2 Å². The van der Waals surface area contributed by atoms with Crippen LogP contribution in [-0.2, 0) is 4.79 Å². The highest BCUT2D eigenvalue weighted by Crippen LogP contribution is 2.20. The molecule has 0 N–H and O–H groups in total. The summed E-state index contributed by atoms with van der Waals surface area (Å²) in [4.78, 5) is 13.3. The lowest BCUT2D eigenvalue weighted by Gasteiger charge is -2.14. The third-order valence-corrected chi connectivity index (χ3v) is 2.90. The number of anilines is 1. The number of nitrogens with zero attached hydrogens (tertiary/aromatic N) is 1. The monoisotopic (exact) mass is 197 g/mol. The van der Waals surface area contributed by atoms with Gasteiger partial charge in [-0.3, -0.25) is 4.79 Å². The Balaban J connectivity index is 2.48. The predicted octanol–water partition coefficient (Wildman–Crippen LogP) is 2.90. The van der Waals surface area contributed by atoms with Crippen molar-refractivity contribution in [3.63, 3.8) is 0 Å². The van der Waals surface area contributed by atoms with Crippen LogP contribution in [0.3, 0.4) is 0 Å². The zero-order valence-corrected chi connectivity index (χ0v) is 8.93. The minimum atomic E-state index is 0.212. The Morgan fingerprint density at radius 1 is 1.62 bits per heavy atom. The van der Waals surface area contributed by atoms with Crippen LogP contribution in [0.4, 0.5) is 5.00 Å². The van der Waals surface area contributed by atoms with Crippen LogP contribution in [0.2, 0.25) is 0 Å². The van der Waals surface area contributed by atoms with E-state index in [0.717, 1.165) is 17.8 Å². The third-order valence-electron chi connectivity index (χ3n) is 1.96. The molecule has 0 radical (unpaired) electrons. The predicted molar refractivity (Wildman–Crippen MR) is 57.3 cm³/mol. The molecule has 0 unspecified atom stereocenters. The molecule has 1 heterocycles. The largest absolute Gasteiger partial charge is 0.307 e. The molecule has 1 rings (SSSR count). The molecule has 0 aliphatic carbocycles. The van der Waals surface area contributed by atoms with E-state index < -0.39 is 0 Å². The fourth-order valence-electron chi connectivity index (χ4n) is 1.08. The maximum atomic E-state index is 11.5. The fourth-order valence-corrected chi connectivity index (χ4v) is 1.79. The van der Waals surface area contributed by atoms with Crippen LogP contribution in [0, 0.1) is 0 Å². The number of rotatable bonds is 4. The Kier molecular flexibility index (Phi) is 3.96. The zero-order valence-electron chi connectivity index (χ0n) is 8.12. The molecule has 1 aromatic heterocycles. The molecule has 1 aromatic rings. The summed E-state index contributed by atoms with van der Waals surface area (Å²) in [7, 11) is 1.84. The van der Waals surface area contributed by atoms with Gasteiger partial charge in [-0.2, -0.15) is 0 Å². The molecule has 3 heteroatoms. The van der Waals surface area contributed by atoms with E-state index >= 15 is 0 Å². The number of carbonyl (C=O) groups is 1. The highest BCUT2D eigenvalue weighted by Gasteiger charge is 2.09. The fraction of sp³-hybridized carbons (Fsp3) is 0.500. The molecule has 2 nitrogen and oxygen atoms in total. The summed E-state index contributed by atoms with van der Waals surface area (Å²) in [6.07, 6.45) is 2.71. The maximum absolute atomic E-state index is 11.5. The standard InChI is InChI=1S/C10H15NOS/c1-3-4-6-9(12)11(2)10-7-5-8-13-10/h5,7-8H,3-4,6H2,1-2H3. The van der Waals surface area contributed by atoms with Crippen LogP contribution in [0.5, 0.6) is 0 Å². The average molecular weight is 197 g/mol. The second-order valence-electron chi connectivity index (χ2n) is 3.01. The summed E-state index contributed by atoms with van der Waals surface area (Å²) in [6.45, 7) is 2.10. The SMILES string of the molecule is CCCCC(=O)N(C)c1cccs1. The van der Waals surface area contributed by atoms with E-state index in [2.05, 4.69) is 6.92 Å². The van der Waals surface area contributed by atoms with Crippen LogP contribution in [0.1, 0.15) is 26.2 Å². The summed E-state index contributed by atoms with van der Waals surface area (Å²) in [6, 6.07) is 3.93. The second kappa shape index (κ2) is 5.02. The van der Waals surface area contributed by atoms with Crippen LogP contribution in [-0.4, -0.2) is 13.0 Å². The third kappa shape index (κ3) is 2.84. The van der Waals surface area contributed by atoms with Gasteiger partial charge in [-0.05, 0) is 23.9 Å². The van der Waals surface area contributed by atoms with Crippen LogP contribution < -0.4 is 4.90 Å². The Morgan fingerprint density at radius 2 is 2.38 bits per heavy atom. The summed E-state index contributed by atoms with van der Waals surface area (Å²) in [5.41, 5.74) is 0. The van der Waals surface area contributed by atoms with E-state index in [1.807, 2.05) is 24.6 Å². The minimum Gasteiger partial charge on any atom is -0.307 e. The van der Waals surface area contributed by atoms with Gasteiger partial charge in [-0.25, -0.2) is 0 Å². The average Bonchev–Trinajstić information content (AvgIpc) is 2.65. The Bertz CT molecular complexity index is 256. The summed E-state index contributed by atoms with van der Waals surface area (Å²) >= 11 is 1.60. The van der Waals surface area contributed by atoms with Crippen molar-refractivity contribution >= 4 is 22.2 Å². The molecule has 0 aromatic carbocycles. The number of unbranched alkanes of at least 4 members (excludes halogenated alkanes) is 1. The van der Waals surface area contributed by atoms with Gasteiger partial charge in [-0.1, -0.05) is 13.3 Å². The summed E-state index contributed by atoms with van der Waals surface area (Å²) in [5.74, 6) is 0.212. The van der Waals surface area contributed by atoms with Crippen molar-refractivity contribution in [2.24, 2.45) is 0 Å². The van der Waals surface area contributed by atoms with Gasteiger partial charge in [0.05, 0.1) is 5.00 Å². The smallest absolute Gasteiger partial charge is 0.227 e. The molecule has 72 valence electrons. The van der Waals surface area contributed by atoms with Gasteiger partial charge < -0.3 is 4.90 Å². The highest BCUT2D eigenvalue weighted by atomic mass is 32.1. The van der Waals surface area contributed by atoms with Crippen LogP contribution in [0.15, 0.2) is 17.5 Å². The topological polar surface area (TPSA) is 20.3 Å². The molecule has 0 saturated heterocycles. The molecule has 13 heavy (non-hydrogen) atoms. The van der Waals surface area contributed by atoms with Crippen molar-refractivity contribution in [1.82, 2.24) is 0 Å². The first kappa shape index (κ1) is 10.3. The van der Waals surface area contributed by atoms with Crippen LogP contribution in [0.25, 0.3) is 0 Å². The van der Waals surface area contributed by atoms with Gasteiger partial charge in [-0.15, -0.1) is 11.3 Å². The van der Waals surface area contributed by atoms with Crippen LogP contribution >= 0.6 is 11.3 Å². The Hall–Kier alpha value is -0.830. The normalized spacial score (nSPS) is 10.0. The van der Waals surface area contributed by atoms with E-state index in [-0.39, 0.29) is 5.91 Å². The van der Waals surface area contributed by atoms with Crippen molar-refractivity contribution in [2.75, 3.05) is 11.9 Å². The number of thiophene rings is 1. The second-order valence-corrected chi connectivity index (χ2v) is 3.93. The van der Waals surface area contributed by atoms with E-state index in [4.69, 9.17) is 0 Å². The van der Waals surface area contributed by atoms with Crippen molar-refractivity contribution in [3.05, 3.63) is 17.5 Å². The lowest BCUT2D eigenvalue weighted by molar-refractivity contribution is -0.118. The molecule has 0 aliphatic heterocycles. The van der Waals surface area contributed by atoms with E-state index in [1.54, 1.807) is 16.2 Å². The van der Waals surface area contributed by atoms with Crippen molar-refractivity contribution < 1.29 is 4.79 Å².